The second-order valence-corrected chi connectivity index (χ2v) is 6.84. The van der Waals surface area contributed by atoms with Crippen LogP contribution in [0.3, 0.4) is 0 Å². The van der Waals surface area contributed by atoms with Gasteiger partial charge in [-0.3, -0.25) is 9.59 Å². The second kappa shape index (κ2) is 7.68. The smallest absolute Gasteiger partial charge is 0.260 e. The molecule has 0 aliphatic carbocycles. The van der Waals surface area contributed by atoms with Gasteiger partial charge >= 0.3 is 0 Å². The highest BCUT2D eigenvalue weighted by molar-refractivity contribution is 6.15. The van der Waals surface area contributed by atoms with Crippen LogP contribution in [0, 0.1) is 12.7 Å². The first kappa shape index (κ1) is 18.6. The van der Waals surface area contributed by atoms with Crippen molar-refractivity contribution in [2.24, 2.45) is 0 Å². The molecule has 0 amide bonds. The summed E-state index contributed by atoms with van der Waals surface area (Å²) >= 11 is 0. The van der Waals surface area contributed by atoms with Crippen molar-refractivity contribution >= 4 is 22.8 Å². The third kappa shape index (κ3) is 3.65. The summed E-state index contributed by atoms with van der Waals surface area (Å²) in [5, 5.41) is 0.790. The predicted molar refractivity (Wildman–Crippen MR) is 115 cm³/mol. The zero-order valence-electron chi connectivity index (χ0n) is 15.8. The molecule has 142 valence electrons. The lowest BCUT2D eigenvalue weighted by atomic mass is 9.93. The van der Waals surface area contributed by atoms with Crippen LogP contribution in [0.5, 0.6) is 0 Å². The van der Waals surface area contributed by atoms with Crippen molar-refractivity contribution in [1.82, 2.24) is 4.98 Å². The molecule has 1 N–H and O–H groups in total. The Morgan fingerprint density at radius 1 is 0.966 bits per heavy atom. The lowest BCUT2D eigenvalue weighted by molar-refractivity contribution is 0.104. The van der Waals surface area contributed by atoms with Gasteiger partial charge in [-0.1, -0.05) is 60.2 Å². The summed E-state index contributed by atoms with van der Waals surface area (Å²) in [6, 6.07) is 21.2. The molecular weight excluding hydrogens is 365 g/mol. The average molecular weight is 383 g/mol. The van der Waals surface area contributed by atoms with Crippen molar-refractivity contribution in [3.8, 4) is 11.1 Å². The summed E-state index contributed by atoms with van der Waals surface area (Å²) in [5.41, 5.74) is 2.89. The number of nitrogens with one attached hydrogen (secondary N) is 1. The number of pyridine rings is 1. The SMILES string of the molecule is Cc1ccc2[nH]c(=O)c(C(=O)C=Cc3ccccc3F)c(-c3ccccc3)c2c1. The molecule has 0 aliphatic rings. The molecule has 4 rings (SSSR count). The quantitative estimate of drug-likeness (QED) is 0.372. The van der Waals surface area contributed by atoms with Gasteiger partial charge in [0, 0.05) is 22.0 Å². The van der Waals surface area contributed by atoms with Crippen LogP contribution in [0.2, 0.25) is 0 Å². The molecule has 1 heterocycles. The van der Waals surface area contributed by atoms with Gasteiger partial charge in [-0.2, -0.15) is 0 Å². The Labute approximate surface area is 167 Å². The summed E-state index contributed by atoms with van der Waals surface area (Å²) in [5.74, 6) is -0.903. The van der Waals surface area contributed by atoms with E-state index in [0.717, 1.165) is 16.5 Å². The van der Waals surface area contributed by atoms with E-state index in [4.69, 9.17) is 0 Å². The molecule has 4 aromatic rings. The maximum atomic E-state index is 13.9. The van der Waals surface area contributed by atoms with Crippen molar-refractivity contribution in [3.63, 3.8) is 0 Å². The minimum atomic E-state index is -0.475. The van der Waals surface area contributed by atoms with Crippen molar-refractivity contribution in [3.05, 3.63) is 112 Å². The minimum absolute atomic E-state index is 0.0434. The first-order chi connectivity index (χ1) is 14.0. The zero-order chi connectivity index (χ0) is 20.4. The Morgan fingerprint density at radius 3 is 2.45 bits per heavy atom. The molecule has 1 aromatic heterocycles. The van der Waals surface area contributed by atoms with Crippen LogP contribution in [-0.4, -0.2) is 10.8 Å². The van der Waals surface area contributed by atoms with E-state index in [2.05, 4.69) is 4.98 Å². The largest absolute Gasteiger partial charge is 0.321 e. The molecule has 0 fully saturated rings. The van der Waals surface area contributed by atoms with Gasteiger partial charge in [-0.25, -0.2) is 4.39 Å². The van der Waals surface area contributed by atoms with Crippen LogP contribution in [0.4, 0.5) is 4.39 Å². The van der Waals surface area contributed by atoms with Crippen LogP contribution in [0.25, 0.3) is 28.1 Å². The number of hydrogen-bond acceptors (Lipinski definition) is 2. The molecule has 0 atom stereocenters. The first-order valence-corrected chi connectivity index (χ1v) is 9.23. The fourth-order valence-electron chi connectivity index (χ4n) is 3.41. The van der Waals surface area contributed by atoms with Crippen LogP contribution >= 0.6 is 0 Å². The molecule has 29 heavy (non-hydrogen) atoms. The van der Waals surface area contributed by atoms with E-state index < -0.39 is 17.2 Å². The summed E-state index contributed by atoms with van der Waals surface area (Å²) in [4.78, 5) is 28.7. The van der Waals surface area contributed by atoms with Crippen LogP contribution in [0.15, 0.2) is 83.7 Å². The zero-order valence-corrected chi connectivity index (χ0v) is 15.8. The fourth-order valence-corrected chi connectivity index (χ4v) is 3.41. The first-order valence-electron chi connectivity index (χ1n) is 9.23. The summed E-state index contributed by atoms with van der Waals surface area (Å²) in [7, 11) is 0. The number of benzene rings is 3. The number of aromatic amines is 1. The van der Waals surface area contributed by atoms with Crippen molar-refractivity contribution in [2.45, 2.75) is 6.92 Å². The number of fused-ring (bicyclic) bond motifs is 1. The molecule has 0 bridgehead atoms. The average Bonchev–Trinajstić information content (AvgIpc) is 2.73. The number of rotatable bonds is 4. The normalized spacial score (nSPS) is 11.2. The summed E-state index contributed by atoms with van der Waals surface area (Å²) < 4.78 is 13.9. The highest BCUT2D eigenvalue weighted by atomic mass is 19.1. The van der Waals surface area contributed by atoms with Crippen molar-refractivity contribution in [2.75, 3.05) is 0 Å². The van der Waals surface area contributed by atoms with Crippen LogP contribution in [0.1, 0.15) is 21.5 Å². The number of carbonyl (C=O) groups is 1. The van der Waals surface area contributed by atoms with Gasteiger partial charge < -0.3 is 4.98 Å². The Balaban J connectivity index is 1.94. The molecule has 0 unspecified atom stereocenters. The van der Waals surface area contributed by atoms with Gasteiger partial charge in [0.15, 0.2) is 5.78 Å². The van der Waals surface area contributed by atoms with Crippen molar-refractivity contribution in [1.29, 1.82) is 0 Å². The molecule has 0 spiro atoms. The van der Waals surface area contributed by atoms with E-state index in [0.29, 0.717) is 11.1 Å². The van der Waals surface area contributed by atoms with Crippen LogP contribution in [-0.2, 0) is 0 Å². The van der Waals surface area contributed by atoms with Gasteiger partial charge in [0.05, 0.1) is 5.56 Å². The molecule has 3 nitrogen and oxygen atoms in total. The Hall–Kier alpha value is -3.79. The minimum Gasteiger partial charge on any atom is -0.321 e. The van der Waals surface area contributed by atoms with E-state index in [1.54, 1.807) is 18.2 Å². The lowest BCUT2D eigenvalue weighted by Gasteiger charge is -2.12. The monoisotopic (exact) mass is 383 g/mol. The van der Waals surface area contributed by atoms with E-state index in [1.807, 2.05) is 55.5 Å². The third-order valence-electron chi connectivity index (χ3n) is 4.80. The van der Waals surface area contributed by atoms with Gasteiger partial charge in [0.2, 0.25) is 0 Å². The van der Waals surface area contributed by atoms with E-state index in [9.17, 15) is 14.0 Å². The van der Waals surface area contributed by atoms with Gasteiger partial charge in [0.1, 0.15) is 5.82 Å². The lowest BCUT2D eigenvalue weighted by Crippen LogP contribution is -2.18. The van der Waals surface area contributed by atoms with E-state index in [1.165, 1.54) is 18.2 Å². The summed E-state index contributed by atoms with van der Waals surface area (Å²) in [6.07, 6.45) is 2.64. The Bertz CT molecular complexity index is 1300. The number of ketones is 1. The van der Waals surface area contributed by atoms with Gasteiger partial charge in [-0.15, -0.1) is 0 Å². The molecule has 0 saturated heterocycles. The maximum absolute atomic E-state index is 13.9. The standard InChI is InChI=1S/C25H18FNO2/c1-16-11-13-21-19(15-16)23(18-8-3-2-4-9-18)24(25(29)27-21)22(28)14-12-17-7-5-6-10-20(17)26/h2-15H,1H3,(H,27,29). The van der Waals surface area contributed by atoms with Gasteiger partial charge in [0.25, 0.3) is 5.56 Å². The number of H-pyrrole nitrogens is 1. The van der Waals surface area contributed by atoms with E-state index >= 15 is 0 Å². The molecule has 3 aromatic carbocycles. The Morgan fingerprint density at radius 2 is 1.69 bits per heavy atom. The van der Waals surface area contributed by atoms with E-state index in [-0.39, 0.29) is 11.1 Å². The Kier molecular flexibility index (Phi) is 4.92. The number of halogens is 1. The highest BCUT2D eigenvalue weighted by Gasteiger charge is 2.19. The third-order valence-corrected chi connectivity index (χ3v) is 4.80. The van der Waals surface area contributed by atoms with Crippen LogP contribution < -0.4 is 5.56 Å². The number of aromatic nitrogens is 1. The number of allylic oxidation sites excluding steroid dienone is 1. The van der Waals surface area contributed by atoms with Gasteiger partial charge in [-0.05, 0) is 42.8 Å². The summed E-state index contributed by atoms with van der Waals surface area (Å²) in [6.45, 7) is 1.96. The second-order valence-electron chi connectivity index (χ2n) is 6.84. The predicted octanol–water partition coefficient (Wildman–Crippen LogP) is 5.54. The molecular formula is C25H18FNO2. The molecule has 4 heteroatoms. The fraction of sp³-hybridized carbons (Fsp3) is 0.0400. The van der Waals surface area contributed by atoms with Crippen molar-refractivity contribution < 1.29 is 9.18 Å². The molecule has 0 radical (unpaired) electrons. The number of carbonyl (C=O) groups excluding carboxylic acids is 1. The topological polar surface area (TPSA) is 49.9 Å². The number of hydrogen-bond donors (Lipinski definition) is 1. The maximum Gasteiger partial charge on any atom is 0.260 e. The highest BCUT2D eigenvalue weighted by Crippen LogP contribution is 2.30. The number of aryl methyl sites for hydroxylation is 1. The molecule has 0 saturated carbocycles. The molecule has 0 aliphatic heterocycles.